The largest absolute Gasteiger partial charge is 0.344 e. The molecule has 72 valence electrons. The number of hydrogen-bond donors (Lipinski definition) is 1. The van der Waals surface area contributed by atoms with Crippen LogP contribution in [0, 0.1) is 5.92 Å². The summed E-state index contributed by atoms with van der Waals surface area (Å²) < 4.78 is 0. The van der Waals surface area contributed by atoms with Gasteiger partial charge in [0.05, 0.1) is 6.04 Å². The Kier molecular flexibility index (Phi) is 4.90. The van der Waals surface area contributed by atoms with Crippen molar-refractivity contribution in [3.63, 3.8) is 0 Å². The SMILES string of the molecule is CC[C@H](N)C(=O)N(C)CC(C)C. The predicted molar refractivity (Wildman–Crippen MR) is 50.7 cm³/mol. The lowest BCUT2D eigenvalue weighted by atomic mass is 10.1. The highest BCUT2D eigenvalue weighted by Gasteiger charge is 2.16. The van der Waals surface area contributed by atoms with Gasteiger partial charge in [-0.25, -0.2) is 0 Å². The fourth-order valence-corrected chi connectivity index (χ4v) is 1.10. The first kappa shape index (κ1) is 11.4. The molecule has 2 N–H and O–H groups in total. The van der Waals surface area contributed by atoms with E-state index in [-0.39, 0.29) is 11.9 Å². The van der Waals surface area contributed by atoms with Crippen LogP contribution in [0.15, 0.2) is 0 Å². The van der Waals surface area contributed by atoms with Crippen molar-refractivity contribution in [1.29, 1.82) is 0 Å². The van der Waals surface area contributed by atoms with E-state index >= 15 is 0 Å². The maximum Gasteiger partial charge on any atom is 0.239 e. The third-order valence-electron chi connectivity index (χ3n) is 1.77. The summed E-state index contributed by atoms with van der Waals surface area (Å²) in [5.41, 5.74) is 5.60. The van der Waals surface area contributed by atoms with Crippen LogP contribution in [0.3, 0.4) is 0 Å². The summed E-state index contributed by atoms with van der Waals surface area (Å²) >= 11 is 0. The Balaban J connectivity index is 3.92. The molecule has 0 radical (unpaired) electrons. The normalized spacial score (nSPS) is 13.2. The highest BCUT2D eigenvalue weighted by molar-refractivity contribution is 5.81. The first-order valence-electron chi connectivity index (χ1n) is 4.49. The molecule has 3 nitrogen and oxygen atoms in total. The van der Waals surface area contributed by atoms with E-state index in [1.807, 2.05) is 6.92 Å². The second kappa shape index (κ2) is 5.14. The van der Waals surface area contributed by atoms with Gasteiger partial charge >= 0.3 is 0 Å². The zero-order valence-corrected chi connectivity index (χ0v) is 8.50. The molecule has 0 aromatic heterocycles. The zero-order chi connectivity index (χ0) is 9.72. The number of carbonyl (C=O) groups excluding carboxylic acids is 1. The minimum Gasteiger partial charge on any atom is -0.344 e. The summed E-state index contributed by atoms with van der Waals surface area (Å²) in [4.78, 5) is 13.1. The maximum atomic E-state index is 11.4. The number of amides is 1. The minimum atomic E-state index is -0.325. The van der Waals surface area contributed by atoms with Crippen LogP contribution in [0.25, 0.3) is 0 Å². The van der Waals surface area contributed by atoms with Crippen LogP contribution in [-0.4, -0.2) is 30.4 Å². The number of nitrogens with zero attached hydrogens (tertiary/aromatic N) is 1. The third-order valence-corrected chi connectivity index (χ3v) is 1.77. The summed E-state index contributed by atoms with van der Waals surface area (Å²) in [6.45, 7) is 6.88. The Bertz CT molecular complexity index is 145. The van der Waals surface area contributed by atoms with Gasteiger partial charge in [-0.1, -0.05) is 20.8 Å². The number of nitrogens with two attached hydrogens (primary N) is 1. The Hall–Kier alpha value is -0.570. The van der Waals surface area contributed by atoms with E-state index in [1.165, 1.54) is 0 Å². The van der Waals surface area contributed by atoms with Gasteiger partial charge in [-0.05, 0) is 12.3 Å². The van der Waals surface area contributed by atoms with Gasteiger partial charge in [-0.2, -0.15) is 0 Å². The van der Waals surface area contributed by atoms with Gasteiger partial charge in [0.25, 0.3) is 0 Å². The van der Waals surface area contributed by atoms with Gasteiger partial charge in [-0.15, -0.1) is 0 Å². The van der Waals surface area contributed by atoms with Crippen LogP contribution in [0.2, 0.25) is 0 Å². The van der Waals surface area contributed by atoms with Crippen molar-refractivity contribution in [2.45, 2.75) is 33.2 Å². The smallest absolute Gasteiger partial charge is 0.239 e. The fraction of sp³-hybridized carbons (Fsp3) is 0.889. The molecule has 0 heterocycles. The highest BCUT2D eigenvalue weighted by atomic mass is 16.2. The summed E-state index contributed by atoms with van der Waals surface area (Å²) in [7, 11) is 1.80. The molecular formula is C9H20N2O. The fourth-order valence-electron chi connectivity index (χ4n) is 1.10. The monoisotopic (exact) mass is 172 g/mol. The molecule has 0 saturated heterocycles. The second-order valence-corrected chi connectivity index (χ2v) is 3.63. The van der Waals surface area contributed by atoms with Crippen LogP contribution in [0.4, 0.5) is 0 Å². The lowest BCUT2D eigenvalue weighted by Crippen LogP contribution is -2.42. The van der Waals surface area contributed by atoms with Crippen molar-refractivity contribution in [2.24, 2.45) is 11.7 Å². The van der Waals surface area contributed by atoms with Crippen LogP contribution in [0.1, 0.15) is 27.2 Å². The summed E-state index contributed by atoms with van der Waals surface area (Å²) in [6, 6.07) is -0.325. The molecule has 0 bridgehead atoms. The molecule has 0 aromatic carbocycles. The zero-order valence-electron chi connectivity index (χ0n) is 8.50. The molecule has 0 fully saturated rings. The molecule has 0 aliphatic heterocycles. The number of likely N-dealkylation sites (N-methyl/N-ethyl adjacent to an activating group) is 1. The highest BCUT2D eigenvalue weighted by Crippen LogP contribution is 1.99. The van der Waals surface area contributed by atoms with Crippen LogP contribution in [-0.2, 0) is 4.79 Å². The van der Waals surface area contributed by atoms with Crippen LogP contribution < -0.4 is 5.73 Å². The first-order chi connectivity index (χ1) is 5.49. The van der Waals surface area contributed by atoms with Crippen molar-refractivity contribution in [3.05, 3.63) is 0 Å². The quantitative estimate of drug-likeness (QED) is 0.683. The van der Waals surface area contributed by atoms with Gasteiger partial charge in [-0.3, -0.25) is 4.79 Å². The molecule has 1 atom stereocenters. The van der Waals surface area contributed by atoms with E-state index < -0.39 is 0 Å². The van der Waals surface area contributed by atoms with Gasteiger partial charge in [0.2, 0.25) is 5.91 Å². The van der Waals surface area contributed by atoms with Crippen molar-refractivity contribution < 1.29 is 4.79 Å². The number of rotatable bonds is 4. The van der Waals surface area contributed by atoms with E-state index in [4.69, 9.17) is 5.73 Å². The minimum absolute atomic E-state index is 0.0474. The molecule has 0 spiro atoms. The summed E-state index contributed by atoms with van der Waals surface area (Å²) in [6.07, 6.45) is 0.710. The molecule has 0 unspecified atom stereocenters. The van der Waals surface area contributed by atoms with Crippen molar-refractivity contribution >= 4 is 5.91 Å². The maximum absolute atomic E-state index is 11.4. The predicted octanol–water partition coefficient (Wildman–Crippen LogP) is 0.838. The lowest BCUT2D eigenvalue weighted by Gasteiger charge is -2.22. The molecule has 1 amide bonds. The lowest BCUT2D eigenvalue weighted by molar-refractivity contribution is -0.131. The Morgan fingerprint density at radius 2 is 2.00 bits per heavy atom. The standard InChI is InChI=1S/C9H20N2O/c1-5-8(10)9(12)11(4)6-7(2)3/h7-8H,5-6,10H2,1-4H3/t8-/m0/s1. The van der Waals surface area contributed by atoms with Crippen LogP contribution >= 0.6 is 0 Å². The Morgan fingerprint density at radius 3 is 2.33 bits per heavy atom. The molecule has 12 heavy (non-hydrogen) atoms. The van der Waals surface area contributed by atoms with E-state index in [1.54, 1.807) is 11.9 Å². The van der Waals surface area contributed by atoms with Gasteiger partial charge in [0.15, 0.2) is 0 Å². The number of carbonyl (C=O) groups is 1. The van der Waals surface area contributed by atoms with E-state index in [9.17, 15) is 4.79 Å². The average Bonchev–Trinajstić information content (AvgIpc) is 2.00. The molecular weight excluding hydrogens is 152 g/mol. The Labute approximate surface area is 74.9 Å². The topological polar surface area (TPSA) is 46.3 Å². The van der Waals surface area contributed by atoms with Gasteiger partial charge in [0, 0.05) is 13.6 Å². The molecule has 0 aliphatic carbocycles. The van der Waals surface area contributed by atoms with Gasteiger partial charge < -0.3 is 10.6 Å². The van der Waals surface area contributed by atoms with E-state index in [0.29, 0.717) is 12.3 Å². The van der Waals surface area contributed by atoms with Crippen molar-refractivity contribution in [1.82, 2.24) is 4.90 Å². The van der Waals surface area contributed by atoms with Crippen LogP contribution in [0.5, 0.6) is 0 Å². The second-order valence-electron chi connectivity index (χ2n) is 3.63. The van der Waals surface area contributed by atoms with Crippen molar-refractivity contribution in [3.8, 4) is 0 Å². The Morgan fingerprint density at radius 1 is 1.50 bits per heavy atom. The molecule has 0 aliphatic rings. The van der Waals surface area contributed by atoms with E-state index in [0.717, 1.165) is 6.54 Å². The molecule has 0 saturated carbocycles. The summed E-state index contributed by atoms with van der Waals surface area (Å²) in [5, 5.41) is 0. The number of hydrogen-bond acceptors (Lipinski definition) is 2. The third kappa shape index (κ3) is 3.72. The molecule has 3 heteroatoms. The van der Waals surface area contributed by atoms with E-state index in [2.05, 4.69) is 13.8 Å². The van der Waals surface area contributed by atoms with Crippen molar-refractivity contribution in [2.75, 3.05) is 13.6 Å². The average molecular weight is 172 g/mol. The molecule has 0 aromatic rings. The van der Waals surface area contributed by atoms with Gasteiger partial charge in [0.1, 0.15) is 0 Å². The summed E-state index contributed by atoms with van der Waals surface area (Å²) in [5.74, 6) is 0.550. The molecule has 0 rings (SSSR count). The first-order valence-corrected chi connectivity index (χ1v) is 4.49.